The monoisotopic (exact) mass is 538 g/mol. The van der Waals surface area contributed by atoms with E-state index in [2.05, 4.69) is 21.2 Å². The smallest absolute Gasteiger partial charge is 0.341 e. The van der Waals surface area contributed by atoms with Crippen LogP contribution in [0.25, 0.3) is 6.08 Å². The number of aryl methyl sites for hydroxylation is 1. The molecule has 0 saturated heterocycles. The van der Waals surface area contributed by atoms with Crippen molar-refractivity contribution in [3.8, 4) is 11.8 Å². The number of anilines is 1. The molecule has 1 aromatic heterocycles. The quantitative estimate of drug-likeness (QED) is 0.203. The summed E-state index contributed by atoms with van der Waals surface area (Å²) in [5.74, 6) is -0.577. The first kappa shape index (κ1) is 25.2. The fraction of sp³-hybridized carbons (Fsp3) is 0.192. The molecule has 2 aromatic carbocycles. The highest BCUT2D eigenvalue weighted by molar-refractivity contribution is 9.10. The summed E-state index contributed by atoms with van der Waals surface area (Å²) < 4.78 is 12.1. The zero-order valence-electron chi connectivity index (χ0n) is 19.0. The van der Waals surface area contributed by atoms with Crippen LogP contribution in [0.4, 0.5) is 5.00 Å². The van der Waals surface area contributed by atoms with Gasteiger partial charge in [0.1, 0.15) is 29.0 Å². The van der Waals surface area contributed by atoms with E-state index < -0.39 is 11.9 Å². The van der Waals surface area contributed by atoms with Gasteiger partial charge >= 0.3 is 5.97 Å². The van der Waals surface area contributed by atoms with Gasteiger partial charge in [0, 0.05) is 14.9 Å². The summed E-state index contributed by atoms with van der Waals surface area (Å²) in [6.07, 6.45) is 1.48. The third kappa shape index (κ3) is 6.13. The molecule has 0 fully saturated rings. The zero-order chi connectivity index (χ0) is 24.7. The molecule has 0 atom stereocenters. The average molecular weight is 539 g/mol. The van der Waals surface area contributed by atoms with E-state index in [0.717, 1.165) is 20.5 Å². The van der Waals surface area contributed by atoms with E-state index in [1.807, 2.05) is 43.3 Å². The molecule has 1 N–H and O–H groups in total. The van der Waals surface area contributed by atoms with Gasteiger partial charge < -0.3 is 14.8 Å². The van der Waals surface area contributed by atoms with Gasteiger partial charge in [-0.15, -0.1) is 11.3 Å². The third-order valence-corrected chi connectivity index (χ3v) is 6.63. The van der Waals surface area contributed by atoms with Gasteiger partial charge in [0.05, 0.1) is 12.2 Å². The second-order valence-corrected chi connectivity index (χ2v) is 9.43. The van der Waals surface area contributed by atoms with Gasteiger partial charge in [0.2, 0.25) is 0 Å². The first-order chi connectivity index (χ1) is 16.3. The van der Waals surface area contributed by atoms with Crippen molar-refractivity contribution in [2.24, 2.45) is 0 Å². The molecule has 0 bridgehead atoms. The first-order valence-electron chi connectivity index (χ1n) is 10.5. The molecule has 0 unspecified atom stereocenters. The van der Waals surface area contributed by atoms with Gasteiger partial charge in [-0.1, -0.05) is 46.3 Å². The predicted octanol–water partition coefficient (Wildman–Crippen LogP) is 6.43. The van der Waals surface area contributed by atoms with Crippen molar-refractivity contribution in [2.75, 3.05) is 11.9 Å². The van der Waals surface area contributed by atoms with E-state index in [4.69, 9.17) is 9.47 Å². The number of benzene rings is 2. The molecule has 174 valence electrons. The number of esters is 1. The number of carbonyl (C=O) groups is 2. The van der Waals surface area contributed by atoms with Crippen molar-refractivity contribution < 1.29 is 19.1 Å². The molecule has 34 heavy (non-hydrogen) atoms. The SMILES string of the molecule is CCOC(=O)c1c(NC(=O)/C(C#N)=C/c2ccccc2OCc2ccc(Br)cc2)sc(C)c1C. The number of amides is 1. The molecule has 0 saturated carbocycles. The van der Waals surface area contributed by atoms with Crippen LogP contribution in [-0.4, -0.2) is 18.5 Å². The van der Waals surface area contributed by atoms with E-state index in [1.165, 1.54) is 17.4 Å². The van der Waals surface area contributed by atoms with E-state index >= 15 is 0 Å². The minimum absolute atomic E-state index is 0.113. The molecule has 0 aliphatic heterocycles. The Labute approximate surface area is 211 Å². The summed E-state index contributed by atoms with van der Waals surface area (Å²) in [5, 5.41) is 12.7. The molecular weight excluding hydrogens is 516 g/mol. The topological polar surface area (TPSA) is 88.4 Å². The Morgan fingerprint density at radius 2 is 1.85 bits per heavy atom. The third-order valence-electron chi connectivity index (χ3n) is 4.98. The van der Waals surface area contributed by atoms with Crippen LogP contribution in [-0.2, 0) is 16.1 Å². The van der Waals surface area contributed by atoms with Gasteiger partial charge in [-0.05, 0) is 56.2 Å². The maximum atomic E-state index is 12.9. The van der Waals surface area contributed by atoms with Crippen LogP contribution < -0.4 is 10.1 Å². The molecule has 0 radical (unpaired) electrons. The molecule has 8 heteroatoms. The van der Waals surface area contributed by atoms with Crippen molar-refractivity contribution >= 4 is 50.2 Å². The van der Waals surface area contributed by atoms with E-state index in [0.29, 0.717) is 28.5 Å². The molecule has 0 aliphatic rings. The second kappa shape index (κ2) is 11.6. The summed E-state index contributed by atoms with van der Waals surface area (Å²) in [4.78, 5) is 26.2. The van der Waals surface area contributed by atoms with Gasteiger partial charge in [-0.3, -0.25) is 4.79 Å². The highest BCUT2D eigenvalue weighted by Crippen LogP contribution is 2.33. The maximum absolute atomic E-state index is 12.9. The van der Waals surface area contributed by atoms with Crippen LogP contribution in [0, 0.1) is 25.2 Å². The number of nitrogens with one attached hydrogen (secondary N) is 1. The van der Waals surface area contributed by atoms with Crippen LogP contribution in [0.15, 0.2) is 58.6 Å². The molecule has 0 spiro atoms. The van der Waals surface area contributed by atoms with E-state index in [9.17, 15) is 14.9 Å². The lowest BCUT2D eigenvalue weighted by Crippen LogP contribution is -2.16. The number of nitrogens with zero attached hydrogens (tertiary/aromatic N) is 1. The average Bonchev–Trinajstić information content (AvgIpc) is 3.10. The van der Waals surface area contributed by atoms with Crippen molar-refractivity contribution in [1.82, 2.24) is 0 Å². The zero-order valence-corrected chi connectivity index (χ0v) is 21.4. The Balaban J connectivity index is 1.83. The number of hydrogen-bond donors (Lipinski definition) is 1. The van der Waals surface area contributed by atoms with Crippen LogP contribution in [0.3, 0.4) is 0 Å². The van der Waals surface area contributed by atoms with Crippen LogP contribution in [0.2, 0.25) is 0 Å². The van der Waals surface area contributed by atoms with Gasteiger partial charge in [-0.25, -0.2) is 4.79 Å². The Kier molecular flexibility index (Phi) is 8.63. The number of hydrogen-bond acceptors (Lipinski definition) is 6. The molecule has 3 rings (SSSR count). The fourth-order valence-electron chi connectivity index (χ4n) is 3.11. The number of ether oxygens (including phenoxy) is 2. The lowest BCUT2D eigenvalue weighted by molar-refractivity contribution is -0.112. The lowest BCUT2D eigenvalue weighted by Gasteiger charge is -2.10. The number of rotatable bonds is 8. The van der Waals surface area contributed by atoms with E-state index in [1.54, 1.807) is 32.0 Å². The fourth-order valence-corrected chi connectivity index (χ4v) is 4.42. The second-order valence-electron chi connectivity index (χ2n) is 7.28. The van der Waals surface area contributed by atoms with Gasteiger partial charge in [0.15, 0.2) is 0 Å². The number of halogens is 1. The summed E-state index contributed by atoms with van der Waals surface area (Å²) in [7, 11) is 0. The number of thiophene rings is 1. The van der Waals surface area contributed by atoms with Crippen molar-refractivity contribution in [3.05, 3.63) is 85.7 Å². The van der Waals surface area contributed by atoms with Crippen LogP contribution in [0.5, 0.6) is 5.75 Å². The summed E-state index contributed by atoms with van der Waals surface area (Å²) in [6.45, 7) is 5.94. The van der Waals surface area contributed by atoms with E-state index in [-0.39, 0.29) is 12.2 Å². The van der Waals surface area contributed by atoms with Crippen LogP contribution in [0.1, 0.15) is 38.8 Å². The Bertz CT molecular complexity index is 1270. The normalized spacial score (nSPS) is 11.0. The highest BCUT2D eigenvalue weighted by atomic mass is 79.9. The lowest BCUT2D eigenvalue weighted by atomic mass is 10.1. The van der Waals surface area contributed by atoms with Gasteiger partial charge in [-0.2, -0.15) is 5.26 Å². The standard InChI is InChI=1S/C26H23BrN2O4S/c1-4-32-26(31)23-16(2)17(3)34-25(23)29-24(30)20(14-28)13-19-7-5-6-8-22(19)33-15-18-9-11-21(27)12-10-18/h5-13H,4,15H2,1-3H3,(H,29,30)/b20-13+. The predicted molar refractivity (Wildman–Crippen MR) is 137 cm³/mol. The summed E-state index contributed by atoms with van der Waals surface area (Å²) >= 11 is 4.68. The highest BCUT2D eigenvalue weighted by Gasteiger charge is 2.23. The molecule has 3 aromatic rings. The first-order valence-corrected chi connectivity index (χ1v) is 12.1. The van der Waals surface area contributed by atoms with Crippen LogP contribution >= 0.6 is 27.3 Å². The largest absolute Gasteiger partial charge is 0.488 e. The number of carbonyl (C=O) groups excluding carboxylic acids is 2. The minimum atomic E-state index is -0.614. The number of nitriles is 1. The maximum Gasteiger partial charge on any atom is 0.341 e. The Morgan fingerprint density at radius 1 is 1.15 bits per heavy atom. The Hall–Kier alpha value is -3.41. The summed E-state index contributed by atoms with van der Waals surface area (Å²) in [5.41, 5.74) is 2.52. The van der Waals surface area contributed by atoms with Gasteiger partial charge in [0.25, 0.3) is 5.91 Å². The summed E-state index contributed by atoms with van der Waals surface area (Å²) in [6, 6.07) is 16.9. The molecular formula is C26H23BrN2O4S. The Morgan fingerprint density at radius 3 is 2.53 bits per heavy atom. The molecule has 1 heterocycles. The minimum Gasteiger partial charge on any atom is -0.488 e. The number of para-hydroxylation sites is 1. The molecule has 6 nitrogen and oxygen atoms in total. The van der Waals surface area contributed by atoms with Crippen molar-refractivity contribution in [3.63, 3.8) is 0 Å². The molecule has 1 amide bonds. The van der Waals surface area contributed by atoms with Crippen molar-refractivity contribution in [1.29, 1.82) is 5.26 Å². The molecule has 0 aliphatic carbocycles. The van der Waals surface area contributed by atoms with Crippen molar-refractivity contribution in [2.45, 2.75) is 27.4 Å².